The summed E-state index contributed by atoms with van der Waals surface area (Å²) in [5.74, 6) is 0.410. The van der Waals surface area contributed by atoms with Gasteiger partial charge in [-0.05, 0) is 30.7 Å². The second-order valence-electron chi connectivity index (χ2n) is 7.08. The molecule has 0 spiro atoms. The first-order valence-corrected chi connectivity index (χ1v) is 9.05. The van der Waals surface area contributed by atoms with Crippen molar-refractivity contribution in [2.75, 3.05) is 44.7 Å². The fourth-order valence-corrected chi connectivity index (χ4v) is 2.63. The molecule has 0 aliphatic carbocycles. The minimum atomic E-state index is -0.603. The number of carbonyl (C=O) groups is 2. The average molecular weight is 362 g/mol. The number of hydrogen-bond acceptors (Lipinski definition) is 6. The van der Waals surface area contributed by atoms with Gasteiger partial charge in [0, 0.05) is 38.9 Å². The maximum atomic E-state index is 11.9. The van der Waals surface area contributed by atoms with Crippen molar-refractivity contribution in [2.45, 2.75) is 26.4 Å². The van der Waals surface area contributed by atoms with Crippen LogP contribution in [0.15, 0.2) is 18.3 Å². The molecule has 0 unspecified atom stereocenters. The summed E-state index contributed by atoms with van der Waals surface area (Å²) in [6.07, 6.45) is 1.76. The summed E-state index contributed by atoms with van der Waals surface area (Å²) < 4.78 is 0. The summed E-state index contributed by atoms with van der Waals surface area (Å²) in [6.45, 7) is 7.98. The number of hydrogen-bond donors (Lipinski definition) is 3. The second-order valence-corrected chi connectivity index (χ2v) is 7.08. The molecule has 26 heavy (non-hydrogen) atoms. The van der Waals surface area contributed by atoms with Gasteiger partial charge in [0.2, 0.25) is 11.8 Å². The Hall–Kier alpha value is -2.19. The average Bonchev–Trinajstić information content (AvgIpc) is 2.64. The van der Waals surface area contributed by atoms with Crippen LogP contribution >= 0.6 is 0 Å². The van der Waals surface area contributed by atoms with E-state index in [0.29, 0.717) is 6.54 Å². The molecule has 4 N–H and O–H groups in total. The molecule has 1 atom stereocenters. The Morgan fingerprint density at radius 2 is 1.92 bits per heavy atom. The van der Waals surface area contributed by atoms with E-state index in [4.69, 9.17) is 5.73 Å². The lowest BCUT2D eigenvalue weighted by Gasteiger charge is -2.33. The van der Waals surface area contributed by atoms with Crippen molar-refractivity contribution in [1.82, 2.24) is 20.5 Å². The topological polar surface area (TPSA) is 104 Å². The van der Waals surface area contributed by atoms with Gasteiger partial charge in [0.25, 0.3) is 0 Å². The molecule has 1 aliphatic heterocycles. The van der Waals surface area contributed by atoms with Gasteiger partial charge >= 0.3 is 0 Å². The zero-order chi connectivity index (χ0) is 19.1. The van der Waals surface area contributed by atoms with E-state index in [1.54, 1.807) is 6.20 Å². The van der Waals surface area contributed by atoms with E-state index in [1.807, 2.05) is 26.0 Å². The lowest BCUT2D eigenvalue weighted by Crippen LogP contribution is -2.47. The molecule has 144 valence electrons. The van der Waals surface area contributed by atoms with E-state index in [2.05, 4.69) is 32.5 Å². The molecule has 2 rings (SSSR count). The van der Waals surface area contributed by atoms with Crippen LogP contribution in [0.4, 0.5) is 5.82 Å². The number of nitrogens with one attached hydrogen (secondary N) is 2. The third-order valence-corrected chi connectivity index (χ3v) is 4.57. The zero-order valence-corrected chi connectivity index (χ0v) is 15.9. The Kier molecular flexibility index (Phi) is 7.35. The fourth-order valence-electron chi connectivity index (χ4n) is 2.63. The van der Waals surface area contributed by atoms with Crippen LogP contribution in [0.1, 0.15) is 19.4 Å². The second kappa shape index (κ2) is 9.49. The van der Waals surface area contributed by atoms with Crippen LogP contribution in [0.25, 0.3) is 0 Å². The van der Waals surface area contributed by atoms with Crippen LogP contribution in [0.3, 0.4) is 0 Å². The third-order valence-electron chi connectivity index (χ3n) is 4.57. The molecule has 1 aromatic heterocycles. The summed E-state index contributed by atoms with van der Waals surface area (Å²) in [4.78, 5) is 32.7. The Bertz CT molecular complexity index is 613. The van der Waals surface area contributed by atoms with E-state index >= 15 is 0 Å². The number of carbonyl (C=O) groups excluding carboxylic acids is 2. The summed E-state index contributed by atoms with van der Waals surface area (Å²) in [5, 5.41) is 5.38. The Morgan fingerprint density at radius 3 is 2.58 bits per heavy atom. The predicted octanol–water partition coefficient (Wildman–Crippen LogP) is -0.451. The highest BCUT2D eigenvalue weighted by Gasteiger charge is 2.18. The quantitative estimate of drug-likeness (QED) is 0.607. The van der Waals surface area contributed by atoms with E-state index in [-0.39, 0.29) is 24.3 Å². The van der Waals surface area contributed by atoms with Crippen LogP contribution in [-0.4, -0.2) is 67.5 Å². The maximum absolute atomic E-state index is 11.9. The van der Waals surface area contributed by atoms with Gasteiger partial charge in [-0.15, -0.1) is 0 Å². The first-order chi connectivity index (χ1) is 12.4. The Morgan fingerprint density at radius 1 is 1.23 bits per heavy atom. The van der Waals surface area contributed by atoms with Crippen LogP contribution in [0.5, 0.6) is 0 Å². The van der Waals surface area contributed by atoms with Gasteiger partial charge in [-0.2, -0.15) is 0 Å². The number of rotatable bonds is 7. The lowest BCUT2D eigenvalue weighted by atomic mass is 10.1. The number of likely N-dealkylation sites (N-methyl/N-ethyl adjacent to an activating group) is 1. The van der Waals surface area contributed by atoms with Crippen molar-refractivity contribution in [2.24, 2.45) is 11.7 Å². The van der Waals surface area contributed by atoms with Crippen molar-refractivity contribution < 1.29 is 9.59 Å². The molecule has 1 aliphatic rings. The number of pyridine rings is 1. The molecular weight excluding hydrogens is 332 g/mol. The number of anilines is 1. The van der Waals surface area contributed by atoms with Crippen molar-refractivity contribution >= 4 is 17.6 Å². The maximum Gasteiger partial charge on any atom is 0.239 e. The van der Waals surface area contributed by atoms with Gasteiger partial charge in [-0.3, -0.25) is 9.59 Å². The molecule has 8 nitrogen and oxygen atoms in total. The first-order valence-electron chi connectivity index (χ1n) is 9.05. The van der Waals surface area contributed by atoms with Gasteiger partial charge in [0.05, 0.1) is 12.6 Å². The molecule has 8 heteroatoms. The highest BCUT2D eigenvalue weighted by Crippen LogP contribution is 2.14. The Balaban J connectivity index is 1.79. The molecule has 1 fully saturated rings. The minimum Gasteiger partial charge on any atom is -0.354 e. The van der Waals surface area contributed by atoms with Crippen molar-refractivity contribution in [3.05, 3.63) is 23.9 Å². The first kappa shape index (κ1) is 20.1. The zero-order valence-electron chi connectivity index (χ0n) is 15.9. The van der Waals surface area contributed by atoms with E-state index < -0.39 is 6.04 Å². The number of nitrogens with zero attached hydrogens (tertiary/aromatic N) is 3. The van der Waals surface area contributed by atoms with E-state index in [0.717, 1.165) is 37.6 Å². The summed E-state index contributed by atoms with van der Waals surface area (Å²) in [6, 6.07) is 3.28. The third kappa shape index (κ3) is 5.96. The van der Waals surface area contributed by atoms with Gasteiger partial charge < -0.3 is 26.2 Å². The van der Waals surface area contributed by atoms with Crippen LogP contribution < -0.4 is 21.3 Å². The van der Waals surface area contributed by atoms with Gasteiger partial charge in [0.15, 0.2) is 0 Å². The molecule has 0 bridgehead atoms. The lowest BCUT2D eigenvalue weighted by molar-refractivity contribution is -0.127. The molecular formula is C18H30N6O2. The summed E-state index contributed by atoms with van der Waals surface area (Å²) in [5.41, 5.74) is 6.73. The fraction of sp³-hybridized carbons (Fsp3) is 0.611. The number of amides is 2. The number of piperazine rings is 1. The van der Waals surface area contributed by atoms with Crippen LogP contribution in [-0.2, 0) is 16.1 Å². The molecule has 2 amide bonds. The predicted molar refractivity (Wildman–Crippen MR) is 102 cm³/mol. The van der Waals surface area contributed by atoms with Crippen LogP contribution in [0, 0.1) is 5.92 Å². The van der Waals surface area contributed by atoms with Crippen LogP contribution in [0.2, 0.25) is 0 Å². The smallest absolute Gasteiger partial charge is 0.239 e. The standard InChI is InChI=1S/C18H30N6O2/c1-13(2)17(19)18(26)22-12-16(25)21-11-14-4-5-20-15(10-14)24-8-6-23(3)7-9-24/h4-5,10,13,17H,6-9,11-12,19H2,1-3H3,(H,21,25)(H,22,26)/t17-/m0/s1. The van der Waals surface area contributed by atoms with Crippen molar-refractivity contribution in [3.8, 4) is 0 Å². The highest BCUT2D eigenvalue weighted by atomic mass is 16.2. The monoisotopic (exact) mass is 362 g/mol. The summed E-state index contributed by atoms with van der Waals surface area (Å²) in [7, 11) is 2.11. The van der Waals surface area contributed by atoms with Crippen molar-refractivity contribution in [3.63, 3.8) is 0 Å². The number of nitrogens with two attached hydrogens (primary N) is 1. The van der Waals surface area contributed by atoms with Gasteiger partial charge in [0.1, 0.15) is 5.82 Å². The normalized spacial score (nSPS) is 16.4. The highest BCUT2D eigenvalue weighted by molar-refractivity contribution is 5.87. The van der Waals surface area contributed by atoms with E-state index in [9.17, 15) is 9.59 Å². The minimum absolute atomic E-state index is 0.0304. The molecule has 1 saturated heterocycles. The largest absolute Gasteiger partial charge is 0.354 e. The number of aromatic nitrogens is 1. The molecule has 1 aromatic rings. The summed E-state index contributed by atoms with van der Waals surface area (Å²) >= 11 is 0. The molecule has 0 aromatic carbocycles. The van der Waals surface area contributed by atoms with Crippen molar-refractivity contribution in [1.29, 1.82) is 0 Å². The SMILES string of the molecule is CC(C)[C@H](N)C(=O)NCC(=O)NCc1ccnc(N2CCN(C)CC2)c1. The van der Waals surface area contributed by atoms with E-state index in [1.165, 1.54) is 0 Å². The van der Waals surface area contributed by atoms with Gasteiger partial charge in [-0.25, -0.2) is 4.98 Å². The molecule has 0 radical (unpaired) electrons. The van der Waals surface area contributed by atoms with Gasteiger partial charge in [-0.1, -0.05) is 13.8 Å². The molecule has 0 saturated carbocycles. The Labute approximate surface area is 155 Å². The molecule has 2 heterocycles.